The van der Waals surface area contributed by atoms with Gasteiger partial charge in [-0.3, -0.25) is 14.9 Å². The van der Waals surface area contributed by atoms with Gasteiger partial charge in [-0.1, -0.05) is 12.1 Å². The van der Waals surface area contributed by atoms with E-state index in [0.717, 1.165) is 5.69 Å². The highest BCUT2D eigenvalue weighted by Gasteiger charge is 2.11. The predicted octanol–water partition coefficient (Wildman–Crippen LogP) is 3.45. The van der Waals surface area contributed by atoms with Crippen LogP contribution in [0, 0.1) is 0 Å². The minimum Gasteiger partial charge on any atom is -0.346 e. The van der Waals surface area contributed by atoms with E-state index in [1.165, 1.54) is 34.0 Å². The number of amides is 2. The molecule has 22 heavy (non-hydrogen) atoms. The number of rotatable bonds is 5. The van der Waals surface area contributed by atoms with Crippen molar-refractivity contribution in [2.24, 2.45) is 0 Å². The summed E-state index contributed by atoms with van der Waals surface area (Å²) in [5, 5.41) is 11.6. The Morgan fingerprint density at radius 3 is 2.32 bits per heavy atom. The van der Waals surface area contributed by atoms with Gasteiger partial charge < -0.3 is 5.32 Å². The number of carbonyl (C=O) groups excluding carboxylic acids is 2. The summed E-state index contributed by atoms with van der Waals surface area (Å²) in [6.45, 7) is 0.335. The van der Waals surface area contributed by atoms with Crippen molar-refractivity contribution in [2.75, 3.05) is 5.32 Å². The van der Waals surface area contributed by atoms with E-state index in [1.54, 1.807) is 12.1 Å². The number of hydrogen-bond acceptors (Lipinski definition) is 6. The Morgan fingerprint density at radius 2 is 1.68 bits per heavy atom. The maximum atomic E-state index is 11.9. The van der Waals surface area contributed by atoms with Crippen LogP contribution in [0.3, 0.4) is 0 Å². The lowest BCUT2D eigenvalue weighted by Crippen LogP contribution is -2.22. The maximum Gasteiger partial charge on any atom is 0.267 e. The Hall–Kier alpha value is -2.03. The Labute approximate surface area is 138 Å². The zero-order valence-electron chi connectivity index (χ0n) is 11.2. The number of thiazole rings is 1. The van der Waals surface area contributed by atoms with Crippen LogP contribution in [0.1, 0.15) is 25.0 Å². The smallest absolute Gasteiger partial charge is 0.267 e. The first-order valence-corrected chi connectivity index (χ1v) is 8.97. The number of hydrogen-bond donors (Lipinski definition) is 2. The molecule has 0 saturated heterocycles. The van der Waals surface area contributed by atoms with E-state index in [9.17, 15) is 9.59 Å². The second-order valence-electron chi connectivity index (χ2n) is 4.24. The molecule has 0 aliphatic rings. The van der Waals surface area contributed by atoms with Crippen LogP contribution >= 0.6 is 34.0 Å². The molecule has 0 aliphatic heterocycles. The van der Waals surface area contributed by atoms with Gasteiger partial charge in [-0.25, -0.2) is 4.98 Å². The van der Waals surface area contributed by atoms with Crippen LogP contribution in [-0.4, -0.2) is 16.8 Å². The zero-order valence-corrected chi connectivity index (χ0v) is 13.7. The molecule has 0 unspecified atom stereocenters. The van der Waals surface area contributed by atoms with Crippen LogP contribution in [0.15, 0.2) is 40.4 Å². The van der Waals surface area contributed by atoms with E-state index >= 15 is 0 Å². The summed E-state index contributed by atoms with van der Waals surface area (Å²) in [6.07, 6.45) is 0. The largest absolute Gasteiger partial charge is 0.346 e. The molecule has 0 aliphatic carbocycles. The molecule has 3 heterocycles. The van der Waals surface area contributed by atoms with Crippen LogP contribution in [0.25, 0.3) is 0 Å². The molecule has 0 atom stereocenters. The molecule has 0 saturated carbocycles. The number of nitrogens with one attached hydrogen (secondary N) is 2. The van der Waals surface area contributed by atoms with Gasteiger partial charge in [0.05, 0.1) is 22.0 Å². The van der Waals surface area contributed by atoms with Crippen LogP contribution in [0.5, 0.6) is 0 Å². The summed E-state index contributed by atoms with van der Waals surface area (Å²) in [5.41, 5.74) is 0.719. The third-order valence-electron chi connectivity index (χ3n) is 2.69. The van der Waals surface area contributed by atoms with Crippen LogP contribution in [-0.2, 0) is 6.54 Å². The van der Waals surface area contributed by atoms with Crippen molar-refractivity contribution in [1.29, 1.82) is 0 Å². The molecule has 2 N–H and O–H groups in total. The van der Waals surface area contributed by atoms with Crippen molar-refractivity contribution >= 4 is 51.0 Å². The molecule has 3 aromatic heterocycles. The fourth-order valence-corrected chi connectivity index (χ4v) is 3.64. The molecule has 112 valence electrons. The Balaban J connectivity index is 1.55. The highest BCUT2D eigenvalue weighted by atomic mass is 32.1. The minimum atomic E-state index is -0.168. The monoisotopic (exact) mass is 349 g/mol. The Morgan fingerprint density at radius 1 is 1.00 bits per heavy atom. The van der Waals surface area contributed by atoms with Crippen molar-refractivity contribution in [3.63, 3.8) is 0 Å². The summed E-state index contributed by atoms with van der Waals surface area (Å²) in [7, 11) is 0. The summed E-state index contributed by atoms with van der Waals surface area (Å²) < 4.78 is 0. The molecule has 0 bridgehead atoms. The second-order valence-corrected chi connectivity index (χ2v) is 6.99. The number of anilines is 1. The predicted molar refractivity (Wildman–Crippen MR) is 89.9 cm³/mol. The summed E-state index contributed by atoms with van der Waals surface area (Å²) in [5.74, 6) is -0.286. The Bertz CT molecular complexity index is 763. The third kappa shape index (κ3) is 3.59. The molecule has 0 fully saturated rings. The highest BCUT2D eigenvalue weighted by Crippen LogP contribution is 2.18. The van der Waals surface area contributed by atoms with Crippen molar-refractivity contribution in [3.05, 3.63) is 55.9 Å². The first kappa shape index (κ1) is 14.9. The van der Waals surface area contributed by atoms with Crippen molar-refractivity contribution in [1.82, 2.24) is 10.3 Å². The first-order chi connectivity index (χ1) is 10.7. The molecule has 8 heteroatoms. The van der Waals surface area contributed by atoms with E-state index in [2.05, 4.69) is 15.6 Å². The highest BCUT2D eigenvalue weighted by molar-refractivity contribution is 7.14. The molecular weight excluding hydrogens is 338 g/mol. The third-order valence-corrected chi connectivity index (χ3v) is 5.24. The molecule has 0 radical (unpaired) electrons. The lowest BCUT2D eigenvalue weighted by Gasteiger charge is -2.00. The zero-order chi connectivity index (χ0) is 15.4. The lowest BCUT2D eigenvalue weighted by atomic mass is 10.4. The summed E-state index contributed by atoms with van der Waals surface area (Å²) in [4.78, 5) is 29.3. The number of aromatic nitrogens is 1. The average molecular weight is 349 g/mol. The molecule has 5 nitrogen and oxygen atoms in total. The van der Waals surface area contributed by atoms with Crippen molar-refractivity contribution in [3.8, 4) is 0 Å². The van der Waals surface area contributed by atoms with Gasteiger partial charge in [0.25, 0.3) is 11.8 Å². The Kier molecular flexibility index (Phi) is 4.62. The lowest BCUT2D eigenvalue weighted by molar-refractivity contribution is 0.0953. The molecule has 3 rings (SSSR count). The fourth-order valence-electron chi connectivity index (χ4n) is 1.68. The topological polar surface area (TPSA) is 71.1 Å². The summed E-state index contributed by atoms with van der Waals surface area (Å²) >= 11 is 4.11. The van der Waals surface area contributed by atoms with Gasteiger partial charge >= 0.3 is 0 Å². The molecule has 0 aromatic carbocycles. The number of carbonyl (C=O) groups is 2. The van der Waals surface area contributed by atoms with Crippen molar-refractivity contribution < 1.29 is 9.59 Å². The normalized spacial score (nSPS) is 10.4. The van der Waals surface area contributed by atoms with E-state index in [1.807, 2.05) is 28.3 Å². The quantitative estimate of drug-likeness (QED) is 0.741. The standard InChI is InChI=1S/C14H11N3O2S3/c18-12(10-3-1-5-20-10)15-7-9-8-22-14(16-9)17-13(19)11-4-2-6-21-11/h1-6,8H,7H2,(H,15,18)(H,16,17,19). The number of nitrogens with zero attached hydrogens (tertiary/aromatic N) is 1. The van der Waals surface area contributed by atoms with E-state index in [4.69, 9.17) is 0 Å². The van der Waals surface area contributed by atoms with Crippen molar-refractivity contribution in [2.45, 2.75) is 6.54 Å². The van der Waals surface area contributed by atoms with E-state index in [-0.39, 0.29) is 11.8 Å². The molecular formula is C14H11N3O2S3. The second kappa shape index (κ2) is 6.82. The van der Waals surface area contributed by atoms with Gasteiger partial charge in [0, 0.05) is 5.38 Å². The molecule has 2 amide bonds. The molecule has 3 aromatic rings. The van der Waals surface area contributed by atoms with Gasteiger partial charge in [0.1, 0.15) is 0 Å². The minimum absolute atomic E-state index is 0.118. The number of thiophene rings is 2. The van der Waals surface area contributed by atoms with Gasteiger partial charge in [0.2, 0.25) is 0 Å². The van der Waals surface area contributed by atoms with E-state index in [0.29, 0.717) is 21.4 Å². The average Bonchev–Trinajstić information content (AvgIpc) is 3.25. The maximum absolute atomic E-state index is 11.9. The van der Waals surface area contributed by atoms with Gasteiger partial charge in [-0.05, 0) is 22.9 Å². The van der Waals surface area contributed by atoms with E-state index < -0.39 is 0 Å². The van der Waals surface area contributed by atoms with Gasteiger partial charge in [0.15, 0.2) is 5.13 Å². The van der Waals surface area contributed by atoms with Crippen LogP contribution in [0.4, 0.5) is 5.13 Å². The van der Waals surface area contributed by atoms with Gasteiger partial charge in [-0.15, -0.1) is 34.0 Å². The SMILES string of the molecule is O=C(NCc1csc(NC(=O)c2cccs2)n1)c1cccs1. The molecule has 0 spiro atoms. The van der Waals surface area contributed by atoms with Gasteiger partial charge in [-0.2, -0.15) is 0 Å². The fraction of sp³-hybridized carbons (Fsp3) is 0.0714. The van der Waals surface area contributed by atoms with Crippen LogP contribution < -0.4 is 10.6 Å². The van der Waals surface area contributed by atoms with Crippen LogP contribution in [0.2, 0.25) is 0 Å². The first-order valence-electron chi connectivity index (χ1n) is 6.33. The summed E-state index contributed by atoms with van der Waals surface area (Å²) in [6, 6.07) is 7.19.